The first kappa shape index (κ1) is 20.6. The average Bonchev–Trinajstić information content (AvgIpc) is 2.80. The van der Waals surface area contributed by atoms with E-state index in [-0.39, 0.29) is 5.92 Å². The molecule has 1 aliphatic carbocycles. The summed E-state index contributed by atoms with van der Waals surface area (Å²) in [7, 11) is 0. The smallest absolute Gasteiger partial charge is 0.140 e. The lowest BCUT2D eigenvalue weighted by Gasteiger charge is -2.40. The van der Waals surface area contributed by atoms with E-state index >= 15 is 4.39 Å². The Bertz CT molecular complexity index is 1050. The molecule has 0 radical (unpaired) electrons. The van der Waals surface area contributed by atoms with Crippen LogP contribution in [0.4, 0.5) is 4.39 Å². The number of benzene rings is 3. The highest BCUT2D eigenvalue weighted by atomic mass is 19.1. The van der Waals surface area contributed by atoms with E-state index in [1.54, 1.807) is 0 Å². The van der Waals surface area contributed by atoms with Gasteiger partial charge in [-0.15, -0.1) is 0 Å². The molecule has 0 N–H and O–H groups in total. The van der Waals surface area contributed by atoms with Gasteiger partial charge in [0.15, 0.2) is 0 Å². The third kappa shape index (κ3) is 3.86. The van der Waals surface area contributed by atoms with Crippen LogP contribution in [-0.4, -0.2) is 0 Å². The van der Waals surface area contributed by atoms with Crippen LogP contribution >= 0.6 is 0 Å². The quantitative estimate of drug-likeness (QED) is 0.382. The van der Waals surface area contributed by atoms with Gasteiger partial charge in [0, 0.05) is 5.56 Å². The van der Waals surface area contributed by atoms with E-state index in [9.17, 15) is 0 Å². The van der Waals surface area contributed by atoms with E-state index in [2.05, 4.69) is 37.3 Å². The minimum Gasteiger partial charge on any atom is -0.238 e. The first-order valence-electron chi connectivity index (χ1n) is 11.4. The molecule has 2 unspecified atom stereocenters. The zero-order chi connectivity index (χ0) is 21.0. The first-order valence-corrected chi connectivity index (χ1v) is 11.4. The molecule has 4 rings (SSSR count). The molecular formula is C28H30FN. The van der Waals surface area contributed by atoms with Crippen molar-refractivity contribution in [2.75, 3.05) is 0 Å². The second-order valence-corrected chi connectivity index (χ2v) is 8.70. The summed E-state index contributed by atoms with van der Waals surface area (Å²) in [5.74, 6) is 0.0701. The van der Waals surface area contributed by atoms with Crippen molar-refractivity contribution in [1.29, 1.82) is 5.26 Å². The predicted octanol–water partition coefficient (Wildman–Crippen LogP) is 8.31. The monoisotopic (exact) mass is 399 g/mol. The molecule has 0 spiro atoms. The molecule has 0 amide bonds. The Morgan fingerprint density at radius 2 is 1.80 bits per heavy atom. The Morgan fingerprint density at radius 3 is 2.57 bits per heavy atom. The van der Waals surface area contributed by atoms with Crippen molar-refractivity contribution in [2.24, 2.45) is 5.92 Å². The number of nitriles is 1. The molecule has 1 saturated carbocycles. The van der Waals surface area contributed by atoms with Gasteiger partial charge in [-0.3, -0.25) is 0 Å². The van der Waals surface area contributed by atoms with E-state index in [0.29, 0.717) is 12.0 Å². The second kappa shape index (κ2) is 9.00. The van der Waals surface area contributed by atoms with Crippen molar-refractivity contribution in [3.63, 3.8) is 0 Å². The van der Waals surface area contributed by atoms with Gasteiger partial charge in [0.2, 0.25) is 0 Å². The zero-order valence-corrected chi connectivity index (χ0v) is 17.8. The number of alkyl halides is 1. The fourth-order valence-electron chi connectivity index (χ4n) is 5.23. The van der Waals surface area contributed by atoms with Crippen LogP contribution in [0.5, 0.6) is 0 Å². The summed E-state index contributed by atoms with van der Waals surface area (Å²) in [6, 6.07) is 22.2. The van der Waals surface area contributed by atoms with Crippen molar-refractivity contribution in [2.45, 2.75) is 64.0 Å². The van der Waals surface area contributed by atoms with Crippen molar-refractivity contribution in [1.82, 2.24) is 0 Å². The molecule has 3 aromatic carbocycles. The van der Waals surface area contributed by atoms with Gasteiger partial charge in [-0.05, 0) is 65.6 Å². The Hall–Kier alpha value is -2.66. The SMILES string of the molecule is CCCCCC1CCCCC1(F)c1c(-c2ccc(C#N)cc2)ccc2ccccc12. The normalized spacial score (nSPS) is 21.4. The van der Waals surface area contributed by atoms with Gasteiger partial charge in [0.05, 0.1) is 11.6 Å². The number of nitrogens with zero attached hydrogens (tertiary/aromatic N) is 1. The van der Waals surface area contributed by atoms with Crippen molar-refractivity contribution in [3.05, 3.63) is 71.8 Å². The Kier molecular flexibility index (Phi) is 6.18. The van der Waals surface area contributed by atoms with Gasteiger partial charge >= 0.3 is 0 Å². The molecule has 154 valence electrons. The Labute approximate surface area is 179 Å². The highest BCUT2D eigenvalue weighted by Gasteiger charge is 2.44. The lowest BCUT2D eigenvalue weighted by atomic mass is 9.68. The van der Waals surface area contributed by atoms with E-state index in [1.807, 2.05) is 36.4 Å². The summed E-state index contributed by atoms with van der Waals surface area (Å²) < 4.78 is 17.2. The molecule has 0 bridgehead atoms. The van der Waals surface area contributed by atoms with E-state index in [1.165, 1.54) is 6.42 Å². The fourth-order valence-corrected chi connectivity index (χ4v) is 5.23. The van der Waals surface area contributed by atoms with Crippen molar-refractivity contribution < 1.29 is 4.39 Å². The minimum absolute atomic E-state index is 0.0701. The number of hydrogen-bond acceptors (Lipinski definition) is 1. The van der Waals surface area contributed by atoms with Crippen LogP contribution in [-0.2, 0) is 5.67 Å². The van der Waals surface area contributed by atoms with Crippen molar-refractivity contribution in [3.8, 4) is 17.2 Å². The lowest BCUT2D eigenvalue weighted by Crippen LogP contribution is -2.34. The Balaban J connectivity index is 1.89. The Morgan fingerprint density at radius 1 is 1.00 bits per heavy atom. The molecule has 0 saturated heterocycles. The number of unbranched alkanes of at least 4 members (excludes halogenated alkanes) is 2. The summed E-state index contributed by atoms with van der Waals surface area (Å²) >= 11 is 0. The molecule has 0 aliphatic heterocycles. The van der Waals surface area contributed by atoms with Crippen LogP contribution in [0.15, 0.2) is 60.7 Å². The number of fused-ring (bicyclic) bond motifs is 1. The third-order valence-corrected chi connectivity index (χ3v) is 6.82. The maximum Gasteiger partial charge on any atom is 0.140 e. The lowest BCUT2D eigenvalue weighted by molar-refractivity contribution is 0.0297. The van der Waals surface area contributed by atoms with Gasteiger partial charge in [-0.1, -0.05) is 81.1 Å². The van der Waals surface area contributed by atoms with Crippen LogP contribution < -0.4 is 0 Å². The highest BCUT2D eigenvalue weighted by molar-refractivity contribution is 5.93. The van der Waals surface area contributed by atoms with Crippen LogP contribution in [0.3, 0.4) is 0 Å². The van der Waals surface area contributed by atoms with Gasteiger partial charge < -0.3 is 0 Å². The molecule has 0 heterocycles. The molecule has 2 heteroatoms. The summed E-state index contributed by atoms with van der Waals surface area (Å²) in [6.45, 7) is 2.21. The largest absolute Gasteiger partial charge is 0.238 e. The van der Waals surface area contributed by atoms with Gasteiger partial charge in [-0.25, -0.2) is 4.39 Å². The van der Waals surface area contributed by atoms with Crippen molar-refractivity contribution >= 4 is 10.8 Å². The maximum atomic E-state index is 17.2. The summed E-state index contributed by atoms with van der Waals surface area (Å²) in [6.07, 6.45) is 8.03. The molecular weight excluding hydrogens is 369 g/mol. The molecule has 1 aliphatic rings. The summed E-state index contributed by atoms with van der Waals surface area (Å²) in [5.41, 5.74) is 2.15. The second-order valence-electron chi connectivity index (χ2n) is 8.70. The molecule has 1 fully saturated rings. The van der Waals surface area contributed by atoms with Crippen LogP contribution in [0.25, 0.3) is 21.9 Å². The number of rotatable bonds is 6. The third-order valence-electron chi connectivity index (χ3n) is 6.82. The average molecular weight is 400 g/mol. The van der Waals surface area contributed by atoms with Gasteiger partial charge in [0.25, 0.3) is 0 Å². The zero-order valence-electron chi connectivity index (χ0n) is 17.8. The number of halogens is 1. The van der Waals surface area contributed by atoms with Crippen LogP contribution in [0.2, 0.25) is 0 Å². The predicted molar refractivity (Wildman–Crippen MR) is 123 cm³/mol. The fraction of sp³-hybridized carbons (Fsp3) is 0.393. The minimum atomic E-state index is -1.31. The van der Waals surface area contributed by atoms with Crippen LogP contribution in [0.1, 0.15) is 69.4 Å². The number of hydrogen-bond donors (Lipinski definition) is 0. The van der Waals surface area contributed by atoms with Gasteiger partial charge in [-0.2, -0.15) is 5.26 Å². The molecule has 0 aromatic heterocycles. The van der Waals surface area contributed by atoms with E-state index in [0.717, 1.165) is 66.0 Å². The standard InChI is InChI=1S/C28H30FN/c1-2-3-4-10-24-11-7-8-19-28(24,29)27-25-12-6-5-9-22(25)17-18-26(27)23-15-13-21(20-30)14-16-23/h5-6,9,12-18,24H,2-4,7-8,10-11,19H2,1H3. The van der Waals surface area contributed by atoms with Crippen LogP contribution in [0, 0.1) is 17.2 Å². The van der Waals surface area contributed by atoms with E-state index < -0.39 is 5.67 Å². The van der Waals surface area contributed by atoms with E-state index in [4.69, 9.17) is 5.26 Å². The topological polar surface area (TPSA) is 23.8 Å². The van der Waals surface area contributed by atoms with Gasteiger partial charge in [0.1, 0.15) is 5.67 Å². The molecule has 2 atom stereocenters. The first-order chi connectivity index (χ1) is 14.7. The molecule has 1 nitrogen and oxygen atoms in total. The maximum absolute atomic E-state index is 17.2. The summed E-state index contributed by atoms with van der Waals surface area (Å²) in [5, 5.41) is 11.3. The molecule has 3 aromatic rings. The molecule has 30 heavy (non-hydrogen) atoms. The summed E-state index contributed by atoms with van der Waals surface area (Å²) in [4.78, 5) is 0. The highest BCUT2D eigenvalue weighted by Crippen LogP contribution is 2.52.